The van der Waals surface area contributed by atoms with Gasteiger partial charge in [0.15, 0.2) is 0 Å². The van der Waals surface area contributed by atoms with Crippen molar-refractivity contribution in [3.63, 3.8) is 0 Å². The predicted octanol–water partition coefficient (Wildman–Crippen LogP) is 7.84. The number of hydrogen-bond acceptors (Lipinski definition) is 6. The van der Waals surface area contributed by atoms with E-state index < -0.39 is 29.8 Å². The minimum Gasteiger partial charge on any atom is -0.374 e. The van der Waals surface area contributed by atoms with E-state index >= 15 is 0 Å². The van der Waals surface area contributed by atoms with Crippen molar-refractivity contribution in [2.24, 2.45) is 5.41 Å². The molecule has 1 heterocycles. The molecule has 5 atom stereocenters. The van der Waals surface area contributed by atoms with Crippen molar-refractivity contribution >= 4 is 18.0 Å². The molecule has 0 aromatic heterocycles. The summed E-state index contributed by atoms with van der Waals surface area (Å²) >= 11 is 1.69. The van der Waals surface area contributed by atoms with E-state index in [0.29, 0.717) is 26.4 Å². The third kappa shape index (κ3) is 8.68. The van der Waals surface area contributed by atoms with Crippen molar-refractivity contribution in [1.29, 1.82) is 0 Å². The van der Waals surface area contributed by atoms with Crippen LogP contribution in [-0.4, -0.2) is 42.6 Å². The van der Waals surface area contributed by atoms with Gasteiger partial charge in [0.1, 0.15) is 24.6 Å². The van der Waals surface area contributed by atoms with Gasteiger partial charge in [-0.15, -0.1) is 11.8 Å². The first-order chi connectivity index (χ1) is 21.4. The van der Waals surface area contributed by atoms with E-state index in [1.165, 1.54) is 5.56 Å². The summed E-state index contributed by atoms with van der Waals surface area (Å²) in [4.78, 5) is 13.6. The topological polar surface area (TPSA) is 54.0 Å². The molecule has 1 aliphatic rings. The second-order valence-corrected chi connectivity index (χ2v) is 13.2. The molecule has 0 N–H and O–H groups in total. The Labute approximate surface area is 265 Å². The van der Waals surface area contributed by atoms with Crippen LogP contribution in [-0.2, 0) is 43.6 Å². The highest BCUT2D eigenvalue weighted by Crippen LogP contribution is 2.43. The van der Waals surface area contributed by atoms with Crippen LogP contribution in [0.3, 0.4) is 0 Å². The Balaban J connectivity index is 1.49. The fraction of sp³-hybridized carbons (Fsp3) is 0.342. The zero-order chi connectivity index (χ0) is 30.8. The van der Waals surface area contributed by atoms with Crippen LogP contribution < -0.4 is 0 Å². The van der Waals surface area contributed by atoms with Crippen LogP contribution in [0, 0.1) is 12.3 Å². The van der Waals surface area contributed by atoms with Crippen LogP contribution in [0.5, 0.6) is 0 Å². The molecule has 0 aliphatic carbocycles. The molecule has 230 valence electrons. The number of carbonyl (C=O) groups is 1. The second-order valence-electron chi connectivity index (χ2n) is 12.0. The SMILES string of the molecule is Cc1ccc(S[C@H]2[C@@H](OCc3ccccc3)[C@@H](OCc3ccccc3)[C@@H](COCc3ccccc3)O[C@@H]2C(C)(C)C=O)cc1. The van der Waals surface area contributed by atoms with E-state index in [2.05, 4.69) is 55.5 Å². The van der Waals surface area contributed by atoms with Crippen LogP contribution >= 0.6 is 11.8 Å². The molecule has 0 radical (unpaired) electrons. The van der Waals surface area contributed by atoms with Gasteiger partial charge in [0.05, 0.1) is 37.8 Å². The fourth-order valence-corrected chi connectivity index (χ4v) is 6.92. The van der Waals surface area contributed by atoms with E-state index in [4.69, 9.17) is 18.9 Å². The zero-order valence-electron chi connectivity index (χ0n) is 25.7. The maximum absolute atomic E-state index is 12.6. The Morgan fingerprint density at radius 3 is 1.73 bits per heavy atom. The van der Waals surface area contributed by atoms with Gasteiger partial charge in [-0.05, 0) is 35.7 Å². The molecule has 4 aromatic carbocycles. The summed E-state index contributed by atoms with van der Waals surface area (Å²) < 4.78 is 26.7. The molecule has 0 unspecified atom stereocenters. The summed E-state index contributed by atoms with van der Waals surface area (Å²) in [5.74, 6) is 0. The first-order valence-corrected chi connectivity index (χ1v) is 16.1. The monoisotopic (exact) mass is 610 g/mol. The van der Waals surface area contributed by atoms with Gasteiger partial charge in [0.25, 0.3) is 0 Å². The third-order valence-electron chi connectivity index (χ3n) is 7.93. The lowest BCUT2D eigenvalue weighted by atomic mass is 9.81. The average Bonchev–Trinajstić information content (AvgIpc) is 3.06. The first-order valence-electron chi connectivity index (χ1n) is 15.2. The van der Waals surface area contributed by atoms with Gasteiger partial charge in [-0.1, -0.05) is 123 Å². The van der Waals surface area contributed by atoms with Crippen LogP contribution in [0.15, 0.2) is 120 Å². The molecule has 1 fully saturated rings. The Morgan fingerprint density at radius 1 is 0.705 bits per heavy atom. The Morgan fingerprint density at radius 2 is 1.20 bits per heavy atom. The molecule has 0 spiro atoms. The molecule has 1 saturated heterocycles. The quantitative estimate of drug-likeness (QED) is 0.136. The molecule has 6 heteroatoms. The van der Waals surface area contributed by atoms with Crippen molar-refractivity contribution in [2.45, 2.75) is 75.2 Å². The Kier molecular flexibility index (Phi) is 11.4. The molecular weight excluding hydrogens is 568 g/mol. The number of hydrogen-bond donors (Lipinski definition) is 0. The Bertz CT molecular complexity index is 1410. The minimum absolute atomic E-state index is 0.229. The summed E-state index contributed by atoms with van der Waals surface area (Å²) in [5.41, 5.74) is 3.63. The van der Waals surface area contributed by atoms with Crippen molar-refractivity contribution in [3.8, 4) is 0 Å². The highest BCUT2D eigenvalue weighted by Gasteiger charge is 2.52. The molecule has 1 aliphatic heterocycles. The molecule has 0 bridgehead atoms. The van der Waals surface area contributed by atoms with E-state index in [9.17, 15) is 4.79 Å². The summed E-state index contributed by atoms with van der Waals surface area (Å²) in [7, 11) is 0. The minimum atomic E-state index is -0.779. The second kappa shape index (κ2) is 15.6. The maximum Gasteiger partial charge on any atom is 0.128 e. The van der Waals surface area contributed by atoms with E-state index in [0.717, 1.165) is 27.9 Å². The number of carbonyl (C=O) groups excluding carboxylic acids is 1. The zero-order valence-corrected chi connectivity index (χ0v) is 26.5. The van der Waals surface area contributed by atoms with Crippen molar-refractivity contribution in [1.82, 2.24) is 0 Å². The largest absolute Gasteiger partial charge is 0.374 e. The standard InChI is InChI=1S/C38H42O5S/c1-28-19-21-32(22-20-28)44-36-35(42-25-31-17-11-6-12-18-31)34(41-24-30-15-9-5-10-16-30)33(43-37(36)38(2,3)27-39)26-40-23-29-13-7-4-8-14-29/h4-22,27,33-37H,23-26H2,1-3H3/t33-,34+,35+,36+,37+/m1/s1. The lowest BCUT2D eigenvalue weighted by Crippen LogP contribution is -2.62. The summed E-state index contributed by atoms with van der Waals surface area (Å²) in [5, 5.41) is -0.229. The van der Waals surface area contributed by atoms with Gasteiger partial charge in [0, 0.05) is 10.3 Å². The Hall–Kier alpha value is -3.26. The average molecular weight is 611 g/mol. The van der Waals surface area contributed by atoms with Crippen molar-refractivity contribution in [2.75, 3.05) is 6.61 Å². The van der Waals surface area contributed by atoms with Gasteiger partial charge in [-0.3, -0.25) is 0 Å². The predicted molar refractivity (Wildman–Crippen MR) is 175 cm³/mol. The van der Waals surface area contributed by atoms with Crippen molar-refractivity contribution in [3.05, 3.63) is 138 Å². The molecule has 4 aromatic rings. The molecule has 44 heavy (non-hydrogen) atoms. The highest BCUT2D eigenvalue weighted by atomic mass is 32.2. The van der Waals surface area contributed by atoms with Crippen molar-refractivity contribution < 1.29 is 23.7 Å². The van der Waals surface area contributed by atoms with Gasteiger partial charge < -0.3 is 23.7 Å². The normalized spacial score (nSPS) is 22.0. The number of thioether (sulfide) groups is 1. The number of ether oxygens (including phenoxy) is 4. The van der Waals surface area contributed by atoms with Crippen LogP contribution in [0.2, 0.25) is 0 Å². The maximum atomic E-state index is 12.6. The van der Waals surface area contributed by atoms with E-state index in [-0.39, 0.29) is 5.25 Å². The number of benzene rings is 4. The summed E-state index contributed by atoms with van der Waals surface area (Å²) in [6.07, 6.45) is -0.747. The van der Waals surface area contributed by atoms with Gasteiger partial charge >= 0.3 is 0 Å². The lowest BCUT2D eigenvalue weighted by Gasteiger charge is -2.49. The van der Waals surface area contributed by atoms with E-state index in [1.807, 2.05) is 80.6 Å². The van der Waals surface area contributed by atoms with Crippen LogP contribution in [0.1, 0.15) is 36.1 Å². The molecule has 0 amide bonds. The fourth-order valence-electron chi connectivity index (χ4n) is 5.41. The van der Waals surface area contributed by atoms with Crippen LogP contribution in [0.25, 0.3) is 0 Å². The van der Waals surface area contributed by atoms with E-state index in [1.54, 1.807) is 11.8 Å². The van der Waals surface area contributed by atoms with Gasteiger partial charge in [-0.25, -0.2) is 0 Å². The third-order valence-corrected chi connectivity index (χ3v) is 9.26. The summed E-state index contributed by atoms with van der Waals surface area (Å²) in [6.45, 7) is 7.52. The first kappa shape index (κ1) is 32.1. The molecule has 5 nitrogen and oxygen atoms in total. The number of aldehydes is 1. The molecular formula is C38H42O5S. The smallest absolute Gasteiger partial charge is 0.128 e. The highest BCUT2D eigenvalue weighted by molar-refractivity contribution is 8.00. The van der Waals surface area contributed by atoms with Crippen LogP contribution in [0.4, 0.5) is 0 Å². The lowest BCUT2D eigenvalue weighted by molar-refractivity contribution is -0.231. The number of aryl methyl sites for hydroxylation is 1. The molecule has 5 rings (SSSR count). The van der Waals surface area contributed by atoms with Gasteiger partial charge in [-0.2, -0.15) is 0 Å². The number of rotatable bonds is 14. The molecule has 0 saturated carbocycles. The summed E-state index contributed by atoms with van der Waals surface area (Å²) in [6, 6.07) is 38.8. The van der Waals surface area contributed by atoms with Gasteiger partial charge in [0.2, 0.25) is 0 Å².